The minimum atomic E-state index is -0.0439. The summed E-state index contributed by atoms with van der Waals surface area (Å²) in [6.45, 7) is 4.77. The van der Waals surface area contributed by atoms with Crippen molar-refractivity contribution in [1.29, 1.82) is 0 Å². The Morgan fingerprint density at radius 2 is 1.64 bits per heavy atom. The number of likely N-dealkylation sites (tertiary alicyclic amines) is 2. The van der Waals surface area contributed by atoms with Gasteiger partial charge in [0.25, 0.3) is 0 Å². The smallest absolute Gasteiger partial charge is 0.226 e. The highest BCUT2D eigenvalue weighted by atomic mass is 16.2. The Kier molecular flexibility index (Phi) is 6.03. The maximum atomic E-state index is 12.9. The van der Waals surface area contributed by atoms with Crippen LogP contribution >= 0.6 is 0 Å². The molecule has 3 unspecified atom stereocenters. The van der Waals surface area contributed by atoms with Crippen molar-refractivity contribution in [2.75, 3.05) is 19.6 Å². The number of piperidine rings is 2. The first-order valence-corrected chi connectivity index (χ1v) is 11.3. The molecule has 4 nitrogen and oxygen atoms in total. The van der Waals surface area contributed by atoms with Crippen LogP contribution in [0.15, 0.2) is 30.3 Å². The second kappa shape index (κ2) is 8.67. The van der Waals surface area contributed by atoms with E-state index in [2.05, 4.69) is 42.2 Å². The second-order valence-electron chi connectivity index (χ2n) is 9.00. The number of hydrogen-bond acceptors (Lipinski definition) is 2. The molecule has 152 valence electrons. The van der Waals surface area contributed by atoms with Crippen LogP contribution in [0.2, 0.25) is 0 Å². The first kappa shape index (κ1) is 19.5. The van der Waals surface area contributed by atoms with E-state index < -0.39 is 0 Å². The molecule has 0 aromatic heterocycles. The second-order valence-corrected chi connectivity index (χ2v) is 9.00. The highest BCUT2D eigenvalue weighted by Gasteiger charge is 2.51. The molecular formula is C24H34N2O2. The first-order chi connectivity index (χ1) is 13.7. The predicted octanol–water partition coefficient (Wildman–Crippen LogP) is 3.89. The third kappa shape index (κ3) is 4.26. The molecule has 2 saturated heterocycles. The number of carbonyl (C=O) groups excluding carboxylic acids is 2. The maximum absolute atomic E-state index is 12.9. The summed E-state index contributed by atoms with van der Waals surface area (Å²) in [4.78, 5) is 30.0. The van der Waals surface area contributed by atoms with Gasteiger partial charge in [-0.2, -0.15) is 0 Å². The van der Waals surface area contributed by atoms with E-state index in [1.807, 2.05) is 4.90 Å². The van der Waals surface area contributed by atoms with Crippen molar-refractivity contribution in [3.8, 4) is 0 Å². The fraction of sp³-hybridized carbons (Fsp3) is 0.667. The Hall–Kier alpha value is -1.84. The molecule has 2 amide bonds. The third-order valence-corrected chi connectivity index (χ3v) is 7.10. The third-order valence-electron chi connectivity index (χ3n) is 7.10. The highest BCUT2D eigenvalue weighted by molar-refractivity contribution is 5.92. The first-order valence-electron chi connectivity index (χ1n) is 11.3. The summed E-state index contributed by atoms with van der Waals surface area (Å²) in [6.07, 6.45) is 8.55. The Balaban J connectivity index is 1.25. The van der Waals surface area contributed by atoms with Gasteiger partial charge in [0, 0.05) is 25.7 Å². The van der Waals surface area contributed by atoms with Crippen molar-refractivity contribution in [2.45, 2.75) is 64.3 Å². The van der Waals surface area contributed by atoms with E-state index in [1.165, 1.54) is 12.0 Å². The molecule has 1 aromatic carbocycles. The van der Waals surface area contributed by atoms with Crippen LogP contribution < -0.4 is 0 Å². The van der Waals surface area contributed by atoms with Gasteiger partial charge in [-0.25, -0.2) is 0 Å². The Morgan fingerprint density at radius 3 is 2.36 bits per heavy atom. The number of hydrogen-bond donors (Lipinski definition) is 0. The molecule has 3 atom stereocenters. The van der Waals surface area contributed by atoms with E-state index in [0.29, 0.717) is 12.0 Å². The van der Waals surface area contributed by atoms with E-state index in [9.17, 15) is 9.59 Å². The molecular weight excluding hydrogens is 348 g/mol. The zero-order valence-electron chi connectivity index (χ0n) is 17.2. The molecule has 2 aliphatic heterocycles. The number of nitrogens with zero attached hydrogens (tertiary/aromatic N) is 2. The lowest BCUT2D eigenvalue weighted by molar-refractivity contribution is -0.140. The van der Waals surface area contributed by atoms with Gasteiger partial charge in [0.1, 0.15) is 0 Å². The van der Waals surface area contributed by atoms with Crippen LogP contribution in [0.3, 0.4) is 0 Å². The molecule has 0 bridgehead atoms. The molecule has 2 heterocycles. The van der Waals surface area contributed by atoms with Crippen LogP contribution in [0.25, 0.3) is 0 Å². The fourth-order valence-electron chi connectivity index (χ4n) is 5.21. The molecule has 0 spiro atoms. The standard InChI is InChI=1S/C24H34N2O2/c1-2-20-10-6-7-13-26(20)24(28)22-17-21(22)23(27)25-14-11-19(12-15-25)16-18-8-4-3-5-9-18/h3-5,8-9,19-22H,2,6-7,10-17H2,1H3. The van der Waals surface area contributed by atoms with Gasteiger partial charge >= 0.3 is 0 Å². The van der Waals surface area contributed by atoms with Crippen LogP contribution in [0.5, 0.6) is 0 Å². The average molecular weight is 383 g/mol. The molecule has 4 rings (SSSR count). The van der Waals surface area contributed by atoms with Gasteiger partial charge in [-0.15, -0.1) is 0 Å². The SMILES string of the molecule is CCC1CCCCN1C(=O)C1CC1C(=O)N1CCC(Cc2ccccc2)CC1. The van der Waals surface area contributed by atoms with E-state index in [4.69, 9.17) is 0 Å². The van der Waals surface area contributed by atoms with Crippen LogP contribution in [-0.2, 0) is 16.0 Å². The van der Waals surface area contributed by atoms with Crippen molar-refractivity contribution >= 4 is 11.8 Å². The lowest BCUT2D eigenvalue weighted by atomic mass is 9.90. The summed E-state index contributed by atoms with van der Waals surface area (Å²) in [7, 11) is 0. The molecule has 0 N–H and O–H groups in total. The topological polar surface area (TPSA) is 40.6 Å². The summed E-state index contributed by atoms with van der Waals surface area (Å²) in [5.74, 6) is 1.08. The van der Waals surface area contributed by atoms with Gasteiger partial charge in [-0.05, 0) is 62.8 Å². The van der Waals surface area contributed by atoms with Gasteiger partial charge in [-0.3, -0.25) is 9.59 Å². The van der Waals surface area contributed by atoms with E-state index in [0.717, 1.165) is 64.6 Å². The molecule has 28 heavy (non-hydrogen) atoms. The fourth-order valence-corrected chi connectivity index (χ4v) is 5.21. The number of amides is 2. The van der Waals surface area contributed by atoms with Gasteiger partial charge in [0.05, 0.1) is 11.8 Å². The highest BCUT2D eigenvalue weighted by Crippen LogP contribution is 2.43. The van der Waals surface area contributed by atoms with E-state index in [-0.39, 0.29) is 23.7 Å². The average Bonchev–Trinajstić information content (AvgIpc) is 3.55. The Bertz CT molecular complexity index is 681. The summed E-state index contributed by atoms with van der Waals surface area (Å²) in [5, 5.41) is 0. The van der Waals surface area contributed by atoms with Gasteiger partial charge in [-0.1, -0.05) is 37.3 Å². The molecule has 3 fully saturated rings. The van der Waals surface area contributed by atoms with Crippen molar-refractivity contribution in [2.24, 2.45) is 17.8 Å². The number of rotatable bonds is 5. The van der Waals surface area contributed by atoms with Crippen molar-refractivity contribution in [3.05, 3.63) is 35.9 Å². The monoisotopic (exact) mass is 382 g/mol. The molecule has 1 aliphatic carbocycles. The molecule has 1 aromatic rings. The summed E-state index contributed by atoms with van der Waals surface area (Å²) >= 11 is 0. The van der Waals surface area contributed by atoms with Crippen molar-refractivity contribution < 1.29 is 9.59 Å². The van der Waals surface area contributed by atoms with Gasteiger partial charge < -0.3 is 9.80 Å². The predicted molar refractivity (Wildman–Crippen MR) is 111 cm³/mol. The van der Waals surface area contributed by atoms with Crippen LogP contribution in [0.4, 0.5) is 0 Å². The van der Waals surface area contributed by atoms with Crippen LogP contribution in [0, 0.1) is 17.8 Å². The minimum absolute atomic E-state index is 0.0401. The molecule has 1 saturated carbocycles. The summed E-state index contributed by atoms with van der Waals surface area (Å²) in [6, 6.07) is 11.0. The van der Waals surface area contributed by atoms with Gasteiger partial charge in [0.2, 0.25) is 11.8 Å². The maximum Gasteiger partial charge on any atom is 0.226 e. The molecule has 4 heteroatoms. The van der Waals surface area contributed by atoms with Crippen LogP contribution in [-0.4, -0.2) is 47.3 Å². The lowest BCUT2D eigenvalue weighted by Gasteiger charge is -2.36. The normalized spacial score (nSPS) is 28.2. The van der Waals surface area contributed by atoms with Crippen molar-refractivity contribution in [3.63, 3.8) is 0 Å². The molecule has 0 radical (unpaired) electrons. The van der Waals surface area contributed by atoms with E-state index >= 15 is 0 Å². The Morgan fingerprint density at radius 1 is 0.929 bits per heavy atom. The zero-order valence-corrected chi connectivity index (χ0v) is 17.2. The number of benzene rings is 1. The van der Waals surface area contributed by atoms with Crippen molar-refractivity contribution in [1.82, 2.24) is 9.80 Å². The summed E-state index contributed by atoms with van der Waals surface area (Å²) < 4.78 is 0. The molecule has 3 aliphatic rings. The quantitative estimate of drug-likeness (QED) is 0.775. The largest absolute Gasteiger partial charge is 0.342 e. The number of carbonyl (C=O) groups is 2. The zero-order chi connectivity index (χ0) is 19.5. The lowest BCUT2D eigenvalue weighted by Crippen LogP contribution is -2.45. The summed E-state index contributed by atoms with van der Waals surface area (Å²) in [5.41, 5.74) is 1.40. The van der Waals surface area contributed by atoms with Gasteiger partial charge in [0.15, 0.2) is 0 Å². The Labute approximate surface area is 169 Å². The van der Waals surface area contributed by atoms with Crippen LogP contribution in [0.1, 0.15) is 57.4 Å². The van der Waals surface area contributed by atoms with E-state index in [1.54, 1.807) is 0 Å². The minimum Gasteiger partial charge on any atom is -0.342 e.